The Bertz CT molecular complexity index is 147. The summed E-state index contributed by atoms with van der Waals surface area (Å²) in [5.74, 6) is 1.12. The Kier molecular flexibility index (Phi) is 1.86. The van der Waals surface area contributed by atoms with Crippen LogP contribution in [-0.4, -0.2) is 11.7 Å². The van der Waals surface area contributed by atoms with Gasteiger partial charge in [0, 0.05) is 6.61 Å². The van der Waals surface area contributed by atoms with Gasteiger partial charge in [-0.1, -0.05) is 26.0 Å². The molecule has 1 aliphatic rings. The molecule has 58 valence electrons. The van der Waals surface area contributed by atoms with E-state index in [2.05, 4.69) is 26.0 Å². The van der Waals surface area contributed by atoms with Crippen molar-refractivity contribution < 1.29 is 5.11 Å². The highest BCUT2D eigenvalue weighted by atomic mass is 16.3. The summed E-state index contributed by atoms with van der Waals surface area (Å²) in [5, 5.41) is 8.90. The van der Waals surface area contributed by atoms with Crippen molar-refractivity contribution in [3.05, 3.63) is 12.2 Å². The molecular weight excluding hydrogens is 124 g/mol. The van der Waals surface area contributed by atoms with Crippen LogP contribution in [0.5, 0.6) is 0 Å². The molecule has 0 aromatic carbocycles. The van der Waals surface area contributed by atoms with Crippen molar-refractivity contribution in [1.82, 2.24) is 0 Å². The SMILES string of the molecule is C/C=C\C1C(CO)C1(C)C. The summed E-state index contributed by atoms with van der Waals surface area (Å²) in [5.41, 5.74) is 0.348. The molecule has 0 aromatic rings. The Labute approximate surface area is 62.8 Å². The number of hydrogen-bond acceptors (Lipinski definition) is 1. The largest absolute Gasteiger partial charge is 0.396 e. The van der Waals surface area contributed by atoms with E-state index in [0.717, 1.165) is 0 Å². The second-order valence-electron chi connectivity index (χ2n) is 3.66. The molecule has 1 rings (SSSR count). The van der Waals surface area contributed by atoms with Crippen LogP contribution in [0, 0.1) is 17.3 Å². The molecular formula is C9H16O. The molecule has 0 aromatic heterocycles. The summed E-state index contributed by atoms with van der Waals surface area (Å²) in [6.07, 6.45) is 4.27. The monoisotopic (exact) mass is 140 g/mol. The third-order valence-electron chi connectivity index (χ3n) is 2.74. The van der Waals surface area contributed by atoms with Crippen LogP contribution in [0.2, 0.25) is 0 Å². The molecule has 1 saturated carbocycles. The van der Waals surface area contributed by atoms with Crippen molar-refractivity contribution in [3.63, 3.8) is 0 Å². The summed E-state index contributed by atoms with van der Waals surface area (Å²) >= 11 is 0. The number of aliphatic hydroxyl groups is 1. The molecule has 0 heterocycles. The summed E-state index contributed by atoms with van der Waals surface area (Å²) in [7, 11) is 0. The molecule has 1 fully saturated rings. The van der Waals surface area contributed by atoms with Crippen molar-refractivity contribution in [1.29, 1.82) is 0 Å². The van der Waals surface area contributed by atoms with Gasteiger partial charge in [0.2, 0.25) is 0 Å². The van der Waals surface area contributed by atoms with Crippen LogP contribution in [0.1, 0.15) is 20.8 Å². The molecule has 1 heteroatoms. The Morgan fingerprint density at radius 1 is 1.50 bits per heavy atom. The fourth-order valence-corrected chi connectivity index (χ4v) is 1.72. The van der Waals surface area contributed by atoms with Crippen LogP contribution < -0.4 is 0 Å². The van der Waals surface area contributed by atoms with Crippen molar-refractivity contribution in [3.8, 4) is 0 Å². The lowest BCUT2D eigenvalue weighted by Gasteiger charge is -1.96. The second kappa shape index (κ2) is 2.39. The summed E-state index contributed by atoms with van der Waals surface area (Å²) in [6, 6.07) is 0. The first-order valence-electron chi connectivity index (χ1n) is 3.88. The molecule has 2 unspecified atom stereocenters. The Balaban J connectivity index is 2.53. The average molecular weight is 140 g/mol. The van der Waals surface area contributed by atoms with Gasteiger partial charge in [-0.15, -0.1) is 0 Å². The van der Waals surface area contributed by atoms with E-state index in [1.165, 1.54) is 0 Å². The molecule has 0 saturated heterocycles. The maximum atomic E-state index is 8.90. The van der Waals surface area contributed by atoms with Crippen LogP contribution in [0.4, 0.5) is 0 Å². The Morgan fingerprint density at radius 2 is 2.10 bits per heavy atom. The average Bonchev–Trinajstić information content (AvgIpc) is 2.36. The maximum Gasteiger partial charge on any atom is 0.0470 e. The first kappa shape index (κ1) is 7.80. The highest BCUT2D eigenvalue weighted by Crippen LogP contribution is 2.58. The third kappa shape index (κ3) is 0.988. The van der Waals surface area contributed by atoms with Gasteiger partial charge in [0.05, 0.1) is 0 Å². The zero-order valence-corrected chi connectivity index (χ0v) is 6.96. The van der Waals surface area contributed by atoms with E-state index in [-0.39, 0.29) is 0 Å². The van der Waals surface area contributed by atoms with Gasteiger partial charge in [-0.05, 0) is 24.2 Å². The van der Waals surface area contributed by atoms with Crippen LogP contribution in [0.3, 0.4) is 0 Å². The summed E-state index contributed by atoms with van der Waals surface area (Å²) in [6.45, 7) is 6.78. The minimum absolute atomic E-state index is 0.335. The van der Waals surface area contributed by atoms with Gasteiger partial charge >= 0.3 is 0 Å². The van der Waals surface area contributed by atoms with Crippen molar-refractivity contribution >= 4 is 0 Å². The molecule has 1 nitrogen and oxygen atoms in total. The van der Waals surface area contributed by atoms with E-state index in [9.17, 15) is 0 Å². The van der Waals surface area contributed by atoms with E-state index >= 15 is 0 Å². The molecule has 0 bridgehead atoms. The minimum atomic E-state index is 0.335. The fraction of sp³-hybridized carbons (Fsp3) is 0.778. The third-order valence-corrected chi connectivity index (χ3v) is 2.74. The van der Waals surface area contributed by atoms with Gasteiger partial charge in [0.15, 0.2) is 0 Å². The molecule has 10 heavy (non-hydrogen) atoms. The smallest absolute Gasteiger partial charge is 0.0470 e. The van der Waals surface area contributed by atoms with Crippen molar-refractivity contribution in [2.45, 2.75) is 20.8 Å². The molecule has 1 N–H and O–H groups in total. The van der Waals surface area contributed by atoms with E-state index < -0.39 is 0 Å². The zero-order valence-electron chi connectivity index (χ0n) is 6.96. The first-order chi connectivity index (χ1) is 4.64. The van der Waals surface area contributed by atoms with Crippen molar-refractivity contribution in [2.75, 3.05) is 6.61 Å². The molecule has 0 amide bonds. The molecule has 0 radical (unpaired) electrons. The fourth-order valence-electron chi connectivity index (χ4n) is 1.72. The van der Waals surface area contributed by atoms with E-state index in [4.69, 9.17) is 5.11 Å². The van der Waals surface area contributed by atoms with Gasteiger partial charge < -0.3 is 5.11 Å². The predicted molar refractivity (Wildman–Crippen MR) is 42.7 cm³/mol. The quantitative estimate of drug-likeness (QED) is 0.580. The van der Waals surface area contributed by atoms with Crippen molar-refractivity contribution in [2.24, 2.45) is 17.3 Å². The van der Waals surface area contributed by atoms with Crippen LogP contribution in [0.15, 0.2) is 12.2 Å². The number of rotatable bonds is 2. The lowest BCUT2D eigenvalue weighted by Crippen LogP contribution is -1.93. The number of hydrogen-bond donors (Lipinski definition) is 1. The topological polar surface area (TPSA) is 20.2 Å². The minimum Gasteiger partial charge on any atom is -0.396 e. The second-order valence-corrected chi connectivity index (χ2v) is 3.66. The summed E-state index contributed by atoms with van der Waals surface area (Å²) < 4.78 is 0. The standard InChI is InChI=1S/C9H16O/c1-4-5-7-8(6-10)9(7,2)3/h4-5,7-8,10H,6H2,1-3H3/b5-4-. The molecule has 0 aliphatic heterocycles. The van der Waals surface area contributed by atoms with E-state index in [0.29, 0.717) is 23.9 Å². The van der Waals surface area contributed by atoms with Gasteiger partial charge in [-0.25, -0.2) is 0 Å². The van der Waals surface area contributed by atoms with Gasteiger partial charge in [-0.3, -0.25) is 0 Å². The lowest BCUT2D eigenvalue weighted by atomic mass is 10.1. The highest BCUT2D eigenvalue weighted by molar-refractivity contribution is 5.13. The van der Waals surface area contributed by atoms with Gasteiger partial charge in [0.1, 0.15) is 0 Å². The maximum absolute atomic E-state index is 8.90. The first-order valence-corrected chi connectivity index (χ1v) is 3.88. The number of aliphatic hydroxyl groups excluding tert-OH is 1. The number of allylic oxidation sites excluding steroid dienone is 2. The zero-order chi connectivity index (χ0) is 7.78. The van der Waals surface area contributed by atoms with Crippen LogP contribution in [0.25, 0.3) is 0 Å². The van der Waals surface area contributed by atoms with Crippen LogP contribution in [-0.2, 0) is 0 Å². The Morgan fingerprint density at radius 3 is 2.40 bits per heavy atom. The van der Waals surface area contributed by atoms with Gasteiger partial charge in [0.25, 0.3) is 0 Å². The molecule has 0 spiro atoms. The molecule has 2 atom stereocenters. The predicted octanol–water partition coefficient (Wildman–Crippen LogP) is 1.83. The summed E-state index contributed by atoms with van der Waals surface area (Å²) in [4.78, 5) is 0. The van der Waals surface area contributed by atoms with Gasteiger partial charge in [-0.2, -0.15) is 0 Å². The Hall–Kier alpha value is -0.300. The van der Waals surface area contributed by atoms with E-state index in [1.54, 1.807) is 0 Å². The molecule has 1 aliphatic carbocycles. The van der Waals surface area contributed by atoms with Crippen LogP contribution >= 0.6 is 0 Å². The normalized spacial score (nSPS) is 36.8. The highest BCUT2D eigenvalue weighted by Gasteiger charge is 2.55. The van der Waals surface area contributed by atoms with E-state index in [1.807, 2.05) is 6.92 Å². The lowest BCUT2D eigenvalue weighted by molar-refractivity contribution is 0.256.